The van der Waals surface area contributed by atoms with E-state index in [-0.39, 0.29) is 17.1 Å². The van der Waals surface area contributed by atoms with Crippen LogP contribution in [0.2, 0.25) is 0 Å². The molecule has 2 aromatic carbocycles. The number of anilines is 1. The predicted octanol–water partition coefficient (Wildman–Crippen LogP) is 3.91. The molecule has 1 amide bonds. The van der Waals surface area contributed by atoms with Gasteiger partial charge in [-0.1, -0.05) is 26.0 Å². The minimum absolute atomic E-state index is 0.122. The van der Waals surface area contributed by atoms with Crippen LogP contribution in [0, 0.1) is 0 Å². The number of esters is 2. The van der Waals surface area contributed by atoms with E-state index in [2.05, 4.69) is 19.2 Å². The maximum absolute atomic E-state index is 12.5. The number of carbonyl (C=O) groups excluding carboxylic acids is 3. The van der Waals surface area contributed by atoms with E-state index in [9.17, 15) is 14.4 Å². The van der Waals surface area contributed by atoms with Gasteiger partial charge in [0.05, 0.1) is 0 Å². The first-order chi connectivity index (χ1) is 12.2. The van der Waals surface area contributed by atoms with Gasteiger partial charge in [-0.25, -0.2) is 0 Å². The largest absolute Gasteiger partial charge is 0.427 e. The Hall–Kier alpha value is -3.15. The summed E-state index contributed by atoms with van der Waals surface area (Å²) in [5.41, 5.74) is 2.00. The lowest BCUT2D eigenvalue weighted by molar-refractivity contribution is -0.132. The van der Waals surface area contributed by atoms with Gasteiger partial charge in [0.1, 0.15) is 11.5 Å². The van der Waals surface area contributed by atoms with Crippen LogP contribution in [0.25, 0.3) is 0 Å². The normalized spacial score (nSPS) is 10.3. The maximum Gasteiger partial charge on any atom is 0.308 e. The molecule has 0 spiro atoms. The monoisotopic (exact) mass is 355 g/mol. The van der Waals surface area contributed by atoms with Gasteiger partial charge < -0.3 is 14.8 Å². The topological polar surface area (TPSA) is 81.7 Å². The van der Waals surface area contributed by atoms with Gasteiger partial charge in [0.15, 0.2) is 0 Å². The molecule has 0 aliphatic heterocycles. The summed E-state index contributed by atoms with van der Waals surface area (Å²) < 4.78 is 10.0. The lowest BCUT2D eigenvalue weighted by Crippen LogP contribution is -2.13. The highest BCUT2D eigenvalue weighted by molar-refractivity contribution is 6.05. The molecule has 2 rings (SSSR count). The summed E-state index contributed by atoms with van der Waals surface area (Å²) in [6.45, 7) is 6.67. The van der Waals surface area contributed by atoms with E-state index < -0.39 is 17.8 Å². The number of rotatable bonds is 5. The summed E-state index contributed by atoms with van der Waals surface area (Å²) in [6, 6.07) is 11.7. The van der Waals surface area contributed by atoms with Crippen molar-refractivity contribution in [2.24, 2.45) is 0 Å². The molecular formula is C20H21NO5. The first-order valence-electron chi connectivity index (χ1n) is 8.18. The van der Waals surface area contributed by atoms with E-state index >= 15 is 0 Å². The van der Waals surface area contributed by atoms with Crippen molar-refractivity contribution in [3.8, 4) is 11.5 Å². The molecule has 0 aromatic heterocycles. The third-order valence-electron chi connectivity index (χ3n) is 3.50. The maximum atomic E-state index is 12.5. The highest BCUT2D eigenvalue weighted by Crippen LogP contribution is 2.25. The SMILES string of the molecule is CC(=O)Oc1cc(OC(C)=O)cc(C(=O)Nc2ccc(C(C)C)cc2)c1. The van der Waals surface area contributed by atoms with Gasteiger partial charge in [0.25, 0.3) is 5.91 Å². The Bertz CT molecular complexity index is 790. The quantitative estimate of drug-likeness (QED) is 0.649. The zero-order valence-corrected chi connectivity index (χ0v) is 15.2. The number of nitrogens with one attached hydrogen (secondary N) is 1. The van der Waals surface area contributed by atoms with Crippen molar-refractivity contribution in [1.82, 2.24) is 0 Å². The molecule has 0 saturated heterocycles. The van der Waals surface area contributed by atoms with Crippen LogP contribution < -0.4 is 14.8 Å². The minimum atomic E-state index is -0.541. The summed E-state index contributed by atoms with van der Waals surface area (Å²) in [5, 5.41) is 2.77. The Kier molecular flexibility index (Phi) is 6.11. The molecule has 1 N–H and O–H groups in total. The number of benzene rings is 2. The summed E-state index contributed by atoms with van der Waals surface area (Å²) in [7, 11) is 0. The Labute approximate surface area is 152 Å². The van der Waals surface area contributed by atoms with Crippen LogP contribution in [0.15, 0.2) is 42.5 Å². The average molecular weight is 355 g/mol. The van der Waals surface area contributed by atoms with Gasteiger partial charge >= 0.3 is 11.9 Å². The van der Waals surface area contributed by atoms with Crippen LogP contribution in [-0.4, -0.2) is 17.8 Å². The van der Waals surface area contributed by atoms with Crippen molar-refractivity contribution < 1.29 is 23.9 Å². The average Bonchev–Trinajstić information content (AvgIpc) is 2.53. The number of ether oxygens (including phenoxy) is 2. The molecular weight excluding hydrogens is 334 g/mol. The van der Waals surface area contributed by atoms with Crippen LogP contribution >= 0.6 is 0 Å². The highest BCUT2D eigenvalue weighted by atomic mass is 16.5. The molecule has 6 heteroatoms. The molecule has 6 nitrogen and oxygen atoms in total. The smallest absolute Gasteiger partial charge is 0.308 e. The number of carbonyl (C=O) groups is 3. The fourth-order valence-corrected chi connectivity index (χ4v) is 2.31. The molecule has 0 saturated carbocycles. The van der Waals surface area contributed by atoms with Crippen LogP contribution in [0.4, 0.5) is 5.69 Å². The van der Waals surface area contributed by atoms with E-state index in [1.807, 2.05) is 24.3 Å². The third kappa shape index (κ3) is 5.44. The van der Waals surface area contributed by atoms with Crippen molar-refractivity contribution in [1.29, 1.82) is 0 Å². The predicted molar refractivity (Wildman–Crippen MR) is 97.5 cm³/mol. The molecule has 136 valence electrons. The van der Waals surface area contributed by atoms with Crippen LogP contribution in [-0.2, 0) is 9.59 Å². The van der Waals surface area contributed by atoms with E-state index in [0.29, 0.717) is 11.6 Å². The Morgan fingerprint density at radius 1 is 0.846 bits per heavy atom. The van der Waals surface area contributed by atoms with E-state index in [4.69, 9.17) is 9.47 Å². The lowest BCUT2D eigenvalue weighted by atomic mass is 10.0. The van der Waals surface area contributed by atoms with Gasteiger partial charge in [-0.05, 0) is 35.7 Å². The van der Waals surface area contributed by atoms with Gasteiger partial charge in [-0.3, -0.25) is 14.4 Å². The highest BCUT2D eigenvalue weighted by Gasteiger charge is 2.13. The Balaban J connectivity index is 2.25. The molecule has 0 bridgehead atoms. The summed E-state index contributed by atoms with van der Waals surface area (Å²) >= 11 is 0. The number of hydrogen-bond acceptors (Lipinski definition) is 5. The van der Waals surface area contributed by atoms with Crippen molar-refractivity contribution in [2.45, 2.75) is 33.6 Å². The van der Waals surface area contributed by atoms with Crippen molar-refractivity contribution in [2.75, 3.05) is 5.32 Å². The first-order valence-corrected chi connectivity index (χ1v) is 8.18. The zero-order chi connectivity index (χ0) is 19.3. The second-order valence-corrected chi connectivity index (χ2v) is 6.11. The second-order valence-electron chi connectivity index (χ2n) is 6.11. The molecule has 26 heavy (non-hydrogen) atoms. The van der Waals surface area contributed by atoms with Crippen LogP contribution in [0.3, 0.4) is 0 Å². The molecule has 2 aromatic rings. The second kappa shape index (κ2) is 8.29. The Morgan fingerprint density at radius 3 is 1.77 bits per heavy atom. The van der Waals surface area contributed by atoms with Gasteiger partial charge in [-0.15, -0.1) is 0 Å². The van der Waals surface area contributed by atoms with E-state index in [0.717, 1.165) is 5.56 Å². The van der Waals surface area contributed by atoms with E-state index in [1.165, 1.54) is 32.0 Å². The summed E-state index contributed by atoms with van der Waals surface area (Å²) in [6.07, 6.45) is 0. The lowest BCUT2D eigenvalue weighted by Gasteiger charge is -2.11. The molecule has 0 aliphatic rings. The molecule has 0 aliphatic carbocycles. The number of amides is 1. The molecule has 0 unspecified atom stereocenters. The standard InChI is InChI=1S/C20H21NO5/c1-12(2)15-5-7-17(8-6-15)21-20(24)16-9-18(25-13(3)22)11-19(10-16)26-14(4)23/h5-12H,1-4H3,(H,21,24). The summed E-state index contributed by atoms with van der Waals surface area (Å²) in [4.78, 5) is 34.9. The fourth-order valence-electron chi connectivity index (χ4n) is 2.31. The van der Waals surface area contributed by atoms with Crippen molar-refractivity contribution in [3.05, 3.63) is 53.6 Å². The third-order valence-corrected chi connectivity index (χ3v) is 3.50. The van der Waals surface area contributed by atoms with Crippen LogP contribution in [0.5, 0.6) is 11.5 Å². The fraction of sp³-hybridized carbons (Fsp3) is 0.250. The molecule has 0 atom stereocenters. The van der Waals surface area contributed by atoms with Gasteiger partial charge in [-0.2, -0.15) is 0 Å². The van der Waals surface area contributed by atoms with E-state index in [1.54, 1.807) is 0 Å². The number of hydrogen-bond donors (Lipinski definition) is 1. The molecule has 0 heterocycles. The van der Waals surface area contributed by atoms with Crippen molar-refractivity contribution >= 4 is 23.5 Å². The van der Waals surface area contributed by atoms with Crippen LogP contribution in [0.1, 0.15) is 49.5 Å². The molecule has 0 fully saturated rings. The molecule has 0 radical (unpaired) electrons. The van der Waals surface area contributed by atoms with Crippen molar-refractivity contribution in [3.63, 3.8) is 0 Å². The van der Waals surface area contributed by atoms with Gasteiger partial charge in [0, 0.05) is 31.2 Å². The zero-order valence-electron chi connectivity index (χ0n) is 15.2. The Morgan fingerprint density at radius 2 is 1.35 bits per heavy atom. The first kappa shape index (κ1) is 19.2. The summed E-state index contributed by atoms with van der Waals surface area (Å²) in [5.74, 6) is -0.856. The minimum Gasteiger partial charge on any atom is -0.427 e. The van der Waals surface area contributed by atoms with Gasteiger partial charge in [0.2, 0.25) is 0 Å².